The Hall–Kier alpha value is -2.40. The van der Waals surface area contributed by atoms with Crippen LogP contribution >= 0.6 is 11.3 Å². The van der Waals surface area contributed by atoms with Crippen molar-refractivity contribution in [1.29, 1.82) is 0 Å². The second kappa shape index (κ2) is 7.08. The van der Waals surface area contributed by atoms with Gasteiger partial charge in [-0.15, -0.1) is 11.3 Å². The summed E-state index contributed by atoms with van der Waals surface area (Å²) in [6.45, 7) is 3.89. The van der Waals surface area contributed by atoms with E-state index >= 15 is 0 Å². The van der Waals surface area contributed by atoms with Gasteiger partial charge in [-0.1, -0.05) is 37.3 Å². The van der Waals surface area contributed by atoms with Gasteiger partial charge in [0.2, 0.25) is 0 Å². The number of aromatic nitrogens is 1. The molecule has 1 saturated heterocycles. The lowest BCUT2D eigenvalue weighted by Gasteiger charge is -2.24. The molecule has 2 aromatic heterocycles. The molecule has 0 radical (unpaired) electrons. The van der Waals surface area contributed by atoms with Crippen LogP contribution in [0.25, 0.3) is 10.8 Å². The largest absolute Gasteiger partial charge is 0.462 e. The summed E-state index contributed by atoms with van der Waals surface area (Å²) in [5, 5.41) is 2.59. The lowest BCUT2D eigenvalue weighted by molar-refractivity contribution is 0.0769. The molecule has 0 spiro atoms. The number of carbonyl (C=O) groups excluding carboxylic acids is 1. The van der Waals surface area contributed by atoms with Crippen LogP contribution in [-0.2, 0) is 6.42 Å². The predicted octanol–water partition coefficient (Wildman–Crippen LogP) is 4.89. The number of benzene rings is 1. The minimum atomic E-state index is 0.0301. The van der Waals surface area contributed by atoms with Crippen molar-refractivity contribution >= 4 is 17.2 Å². The summed E-state index contributed by atoms with van der Waals surface area (Å²) in [5.41, 5.74) is 2.06. The van der Waals surface area contributed by atoms with Crippen LogP contribution in [0.2, 0.25) is 0 Å². The van der Waals surface area contributed by atoms with Gasteiger partial charge in [-0.25, -0.2) is 4.98 Å². The van der Waals surface area contributed by atoms with Crippen molar-refractivity contribution in [3.05, 3.63) is 65.4 Å². The normalized spacial score (nSPS) is 19.8. The number of hydrogen-bond acceptors (Lipinski definition) is 4. The Balaban J connectivity index is 1.39. The SMILES string of the molecule is CC1(CCc2ccccc2)CCN(C(=O)c2csc(-c3ccco3)n2)C1. The van der Waals surface area contributed by atoms with Crippen LogP contribution in [0.1, 0.15) is 35.8 Å². The van der Waals surface area contributed by atoms with Crippen LogP contribution in [0.5, 0.6) is 0 Å². The molecule has 0 N–H and O–H groups in total. The highest BCUT2D eigenvalue weighted by Gasteiger charge is 2.36. The van der Waals surface area contributed by atoms with Gasteiger partial charge in [-0.3, -0.25) is 4.79 Å². The number of likely N-dealkylation sites (tertiary alicyclic amines) is 1. The molecular weight excluding hydrogens is 344 g/mol. The second-order valence-electron chi connectivity index (χ2n) is 7.29. The van der Waals surface area contributed by atoms with Crippen LogP contribution in [0.3, 0.4) is 0 Å². The summed E-state index contributed by atoms with van der Waals surface area (Å²) in [4.78, 5) is 19.3. The van der Waals surface area contributed by atoms with Gasteiger partial charge in [0.1, 0.15) is 5.69 Å². The standard InChI is InChI=1S/C21H22N2O2S/c1-21(10-9-16-6-3-2-4-7-16)11-12-23(15-21)20(24)17-14-26-19(22-17)18-8-5-13-25-18/h2-8,13-14H,9-12,15H2,1H3. The molecule has 1 fully saturated rings. The van der Waals surface area contributed by atoms with Gasteiger partial charge in [-0.2, -0.15) is 0 Å². The third-order valence-electron chi connectivity index (χ3n) is 5.16. The molecule has 1 atom stereocenters. The Morgan fingerprint density at radius 3 is 2.88 bits per heavy atom. The van der Waals surface area contributed by atoms with Gasteiger partial charge >= 0.3 is 0 Å². The average molecular weight is 366 g/mol. The van der Waals surface area contributed by atoms with E-state index in [1.807, 2.05) is 28.5 Å². The zero-order valence-corrected chi connectivity index (χ0v) is 15.7. The molecule has 3 heterocycles. The van der Waals surface area contributed by atoms with E-state index in [4.69, 9.17) is 4.42 Å². The topological polar surface area (TPSA) is 46.3 Å². The quantitative estimate of drug-likeness (QED) is 0.646. The first-order valence-corrected chi connectivity index (χ1v) is 9.84. The lowest BCUT2D eigenvalue weighted by Crippen LogP contribution is -2.31. The highest BCUT2D eigenvalue weighted by atomic mass is 32.1. The van der Waals surface area contributed by atoms with E-state index in [9.17, 15) is 4.79 Å². The van der Waals surface area contributed by atoms with Crippen molar-refractivity contribution in [3.8, 4) is 10.8 Å². The Kier molecular flexibility index (Phi) is 4.64. The molecule has 1 aromatic carbocycles. The van der Waals surface area contributed by atoms with Crippen LogP contribution in [0.15, 0.2) is 58.5 Å². The Bertz CT molecular complexity index is 873. The van der Waals surface area contributed by atoms with Gasteiger partial charge < -0.3 is 9.32 Å². The highest BCUT2D eigenvalue weighted by Crippen LogP contribution is 2.35. The second-order valence-corrected chi connectivity index (χ2v) is 8.15. The van der Waals surface area contributed by atoms with E-state index in [0.29, 0.717) is 11.5 Å². The molecule has 1 unspecified atom stereocenters. The number of nitrogens with zero attached hydrogens (tertiary/aromatic N) is 2. The molecule has 0 aliphatic carbocycles. The van der Waals surface area contributed by atoms with Gasteiger partial charge in [0, 0.05) is 18.5 Å². The van der Waals surface area contributed by atoms with Gasteiger partial charge in [-0.05, 0) is 42.4 Å². The molecule has 3 aromatic rings. The summed E-state index contributed by atoms with van der Waals surface area (Å²) in [6, 6.07) is 14.3. The molecule has 0 bridgehead atoms. The first-order chi connectivity index (χ1) is 12.6. The zero-order chi connectivity index (χ0) is 18.0. The van der Waals surface area contributed by atoms with Crippen molar-refractivity contribution < 1.29 is 9.21 Å². The summed E-state index contributed by atoms with van der Waals surface area (Å²) >= 11 is 1.45. The van der Waals surface area contributed by atoms with E-state index in [1.54, 1.807) is 6.26 Å². The van der Waals surface area contributed by atoms with Crippen LogP contribution in [0.4, 0.5) is 0 Å². The first-order valence-electron chi connectivity index (χ1n) is 8.96. The molecule has 5 heteroatoms. The van der Waals surface area contributed by atoms with E-state index < -0.39 is 0 Å². The third kappa shape index (κ3) is 3.58. The van der Waals surface area contributed by atoms with Crippen molar-refractivity contribution in [2.24, 2.45) is 5.41 Å². The first kappa shape index (κ1) is 17.0. The minimum Gasteiger partial charge on any atom is -0.462 e. The smallest absolute Gasteiger partial charge is 0.273 e. The van der Waals surface area contributed by atoms with Crippen LogP contribution in [0, 0.1) is 5.41 Å². The van der Waals surface area contributed by atoms with Crippen molar-refractivity contribution in [2.75, 3.05) is 13.1 Å². The molecule has 4 rings (SSSR count). The third-order valence-corrected chi connectivity index (χ3v) is 6.02. The summed E-state index contributed by atoms with van der Waals surface area (Å²) < 4.78 is 5.37. The molecule has 4 nitrogen and oxygen atoms in total. The van der Waals surface area contributed by atoms with Crippen molar-refractivity contribution in [1.82, 2.24) is 9.88 Å². The molecule has 26 heavy (non-hydrogen) atoms. The van der Waals surface area contributed by atoms with E-state index in [1.165, 1.54) is 16.9 Å². The summed E-state index contributed by atoms with van der Waals surface area (Å²) in [6.07, 6.45) is 4.81. The number of aryl methyl sites for hydroxylation is 1. The highest BCUT2D eigenvalue weighted by molar-refractivity contribution is 7.13. The number of hydrogen-bond donors (Lipinski definition) is 0. The molecule has 1 aliphatic heterocycles. The molecule has 0 saturated carbocycles. The minimum absolute atomic E-state index is 0.0301. The predicted molar refractivity (Wildman–Crippen MR) is 103 cm³/mol. The Labute approximate surface area is 157 Å². The summed E-state index contributed by atoms with van der Waals surface area (Å²) in [7, 11) is 0. The Morgan fingerprint density at radius 1 is 1.27 bits per heavy atom. The van der Waals surface area contributed by atoms with Gasteiger partial charge in [0.25, 0.3) is 5.91 Å². The number of amides is 1. The monoisotopic (exact) mass is 366 g/mol. The van der Waals surface area contributed by atoms with Crippen LogP contribution in [-0.4, -0.2) is 28.9 Å². The number of carbonyl (C=O) groups is 1. The van der Waals surface area contributed by atoms with E-state index in [2.05, 4.69) is 36.2 Å². The fourth-order valence-electron chi connectivity index (χ4n) is 3.54. The van der Waals surface area contributed by atoms with Crippen LogP contribution < -0.4 is 0 Å². The van der Waals surface area contributed by atoms with Crippen molar-refractivity contribution in [3.63, 3.8) is 0 Å². The maximum Gasteiger partial charge on any atom is 0.273 e. The zero-order valence-electron chi connectivity index (χ0n) is 14.9. The number of furan rings is 1. The Morgan fingerprint density at radius 2 is 2.12 bits per heavy atom. The number of thiazole rings is 1. The maximum atomic E-state index is 12.8. The fourth-order valence-corrected chi connectivity index (χ4v) is 4.30. The molecule has 1 aliphatic rings. The van der Waals surface area contributed by atoms with Gasteiger partial charge in [0.15, 0.2) is 10.8 Å². The summed E-state index contributed by atoms with van der Waals surface area (Å²) in [5.74, 6) is 0.741. The van der Waals surface area contributed by atoms with Crippen molar-refractivity contribution in [2.45, 2.75) is 26.2 Å². The van der Waals surface area contributed by atoms with E-state index in [0.717, 1.165) is 37.4 Å². The maximum absolute atomic E-state index is 12.8. The molecular formula is C21H22N2O2S. The average Bonchev–Trinajstić information content (AvgIpc) is 3.41. The molecule has 1 amide bonds. The lowest BCUT2D eigenvalue weighted by atomic mass is 9.83. The number of rotatable bonds is 5. The van der Waals surface area contributed by atoms with Gasteiger partial charge in [0.05, 0.1) is 6.26 Å². The fraction of sp³-hybridized carbons (Fsp3) is 0.333. The van der Waals surface area contributed by atoms with E-state index in [-0.39, 0.29) is 11.3 Å². The molecule has 134 valence electrons.